The Morgan fingerprint density at radius 1 is 1.17 bits per heavy atom. The predicted octanol–water partition coefficient (Wildman–Crippen LogP) is 4.37. The number of rotatable bonds is 9. The lowest BCUT2D eigenvalue weighted by molar-refractivity contribution is -0.118. The molecule has 3 aromatic rings. The van der Waals surface area contributed by atoms with Crippen LogP contribution in [0, 0.1) is 11.3 Å². The zero-order valence-electron chi connectivity index (χ0n) is 20.5. The number of anilines is 2. The van der Waals surface area contributed by atoms with Gasteiger partial charge in [-0.1, -0.05) is 37.3 Å². The molecule has 9 heteroatoms. The third-order valence-corrected chi connectivity index (χ3v) is 7.10. The Morgan fingerprint density at radius 2 is 1.97 bits per heavy atom. The average Bonchev–Trinajstić information content (AvgIpc) is 3.57. The Balaban J connectivity index is 1.52. The number of carbonyl (C=O) groups is 2. The first-order valence-corrected chi connectivity index (χ1v) is 12.6. The first-order valence-electron chi connectivity index (χ1n) is 11.7. The Hall–Kier alpha value is -3.87. The minimum atomic E-state index is -0.577. The van der Waals surface area contributed by atoms with Crippen LogP contribution in [0.1, 0.15) is 35.8 Å². The van der Waals surface area contributed by atoms with Crippen molar-refractivity contribution < 1.29 is 9.59 Å². The molecule has 0 unspecified atom stereocenters. The molecule has 1 aromatic carbocycles. The van der Waals surface area contributed by atoms with E-state index in [1.54, 1.807) is 24.5 Å². The van der Waals surface area contributed by atoms with Crippen molar-refractivity contribution in [1.82, 2.24) is 14.9 Å². The highest BCUT2D eigenvalue weighted by Crippen LogP contribution is 2.49. The van der Waals surface area contributed by atoms with Gasteiger partial charge in [-0.25, -0.2) is 9.97 Å². The van der Waals surface area contributed by atoms with Crippen molar-refractivity contribution in [2.24, 2.45) is 0 Å². The summed E-state index contributed by atoms with van der Waals surface area (Å²) in [6.45, 7) is 2.69. The summed E-state index contributed by atoms with van der Waals surface area (Å²) in [6, 6.07) is 11.6. The van der Waals surface area contributed by atoms with Crippen LogP contribution in [-0.2, 0) is 21.4 Å². The summed E-state index contributed by atoms with van der Waals surface area (Å²) in [5.41, 5.74) is 2.19. The fourth-order valence-electron chi connectivity index (χ4n) is 3.85. The van der Waals surface area contributed by atoms with E-state index in [9.17, 15) is 14.9 Å². The van der Waals surface area contributed by atoms with E-state index in [0.29, 0.717) is 11.7 Å². The van der Waals surface area contributed by atoms with E-state index in [2.05, 4.69) is 33.6 Å². The zero-order valence-corrected chi connectivity index (χ0v) is 21.4. The number of hydrogen-bond acceptors (Lipinski definition) is 7. The zero-order chi connectivity index (χ0) is 25.7. The molecule has 1 aliphatic rings. The highest BCUT2D eigenvalue weighted by molar-refractivity contribution is 7.15. The fourth-order valence-corrected chi connectivity index (χ4v) is 4.60. The second kappa shape index (κ2) is 10.8. The fraction of sp³-hybridized carbons (Fsp3) is 0.296. The van der Waals surface area contributed by atoms with Crippen molar-refractivity contribution >= 4 is 34.1 Å². The molecule has 0 saturated heterocycles. The number of aryl methyl sites for hydroxylation is 1. The first-order chi connectivity index (χ1) is 17.3. The number of nitrogens with one attached hydrogen (secondary N) is 2. The summed E-state index contributed by atoms with van der Waals surface area (Å²) in [5.74, 6) is -0.179. The second-order valence-corrected chi connectivity index (χ2v) is 10.1. The molecule has 36 heavy (non-hydrogen) atoms. The quantitative estimate of drug-likeness (QED) is 0.422. The van der Waals surface area contributed by atoms with Gasteiger partial charge in [-0.15, -0.1) is 11.3 Å². The van der Waals surface area contributed by atoms with Crippen molar-refractivity contribution in [3.63, 3.8) is 0 Å². The molecule has 2 heterocycles. The van der Waals surface area contributed by atoms with E-state index < -0.39 is 5.41 Å². The molecule has 4 rings (SSSR count). The molecule has 2 N–H and O–H groups in total. The SMILES string of the molecule is CCc1cnc(NC(=O)C2(c3cccc(-c4cnc(NC(=O)/C=C/CN(C)C)c(C#N)c4)c3)CC2)s1. The van der Waals surface area contributed by atoms with Gasteiger partial charge in [-0.3, -0.25) is 9.59 Å². The Morgan fingerprint density at radius 3 is 2.64 bits per heavy atom. The van der Waals surface area contributed by atoms with Crippen molar-refractivity contribution in [2.75, 3.05) is 31.3 Å². The molecule has 2 amide bonds. The standard InChI is InChI=1S/C27H28N6O2S/c1-4-22-17-30-26(36-22)32-25(35)27(10-11-27)21-8-5-7-18(14-21)20-13-19(15-28)24(29-16-20)31-23(34)9-6-12-33(2)3/h5-9,13-14,16-17H,4,10-12H2,1-3H3,(H,29,31,34)(H,30,32,35)/b9-6+. The van der Waals surface area contributed by atoms with Crippen LogP contribution in [0.4, 0.5) is 10.9 Å². The van der Waals surface area contributed by atoms with Crippen LogP contribution in [0.2, 0.25) is 0 Å². The molecular weight excluding hydrogens is 472 g/mol. The van der Waals surface area contributed by atoms with Gasteiger partial charge in [0.05, 0.1) is 11.0 Å². The summed E-state index contributed by atoms with van der Waals surface area (Å²) in [7, 11) is 3.82. The maximum absolute atomic E-state index is 13.2. The smallest absolute Gasteiger partial charge is 0.249 e. The highest BCUT2D eigenvalue weighted by Gasteiger charge is 2.51. The number of benzene rings is 1. The Kier molecular flexibility index (Phi) is 7.58. The van der Waals surface area contributed by atoms with Crippen LogP contribution in [0.25, 0.3) is 11.1 Å². The maximum atomic E-state index is 13.2. The van der Waals surface area contributed by atoms with E-state index in [1.807, 2.05) is 43.3 Å². The average molecular weight is 501 g/mol. The number of pyridine rings is 1. The van der Waals surface area contributed by atoms with Crippen LogP contribution in [0.15, 0.2) is 54.9 Å². The number of nitrogens with zero attached hydrogens (tertiary/aromatic N) is 4. The van der Waals surface area contributed by atoms with E-state index in [4.69, 9.17) is 0 Å². The van der Waals surface area contributed by atoms with Crippen LogP contribution in [0.3, 0.4) is 0 Å². The predicted molar refractivity (Wildman–Crippen MR) is 142 cm³/mol. The van der Waals surface area contributed by atoms with Crippen molar-refractivity contribution in [2.45, 2.75) is 31.6 Å². The Bertz CT molecular complexity index is 1350. The molecule has 1 saturated carbocycles. The lowest BCUT2D eigenvalue weighted by Gasteiger charge is -2.16. The largest absolute Gasteiger partial charge is 0.306 e. The summed E-state index contributed by atoms with van der Waals surface area (Å²) < 4.78 is 0. The molecule has 0 atom stereocenters. The van der Waals surface area contributed by atoms with E-state index in [0.717, 1.165) is 40.8 Å². The molecule has 1 fully saturated rings. The van der Waals surface area contributed by atoms with Gasteiger partial charge in [0.1, 0.15) is 6.07 Å². The van der Waals surface area contributed by atoms with Gasteiger partial charge < -0.3 is 15.5 Å². The summed E-state index contributed by atoms with van der Waals surface area (Å²) in [6.07, 6.45) is 9.00. The second-order valence-electron chi connectivity index (χ2n) is 8.99. The maximum Gasteiger partial charge on any atom is 0.249 e. The molecule has 0 aliphatic heterocycles. The first kappa shape index (κ1) is 25.2. The van der Waals surface area contributed by atoms with Gasteiger partial charge in [-0.2, -0.15) is 5.26 Å². The summed E-state index contributed by atoms with van der Waals surface area (Å²) >= 11 is 1.50. The van der Waals surface area contributed by atoms with E-state index >= 15 is 0 Å². The summed E-state index contributed by atoms with van der Waals surface area (Å²) in [5, 5.41) is 15.9. The number of thiazole rings is 1. The molecular formula is C27H28N6O2S. The molecule has 0 bridgehead atoms. The third kappa shape index (κ3) is 5.67. The molecule has 0 radical (unpaired) electrons. The van der Waals surface area contributed by atoms with Crippen molar-refractivity contribution in [1.29, 1.82) is 5.26 Å². The van der Waals surface area contributed by atoms with Gasteiger partial charge >= 0.3 is 0 Å². The minimum absolute atomic E-state index is 0.0483. The topological polar surface area (TPSA) is 111 Å². The molecule has 2 aromatic heterocycles. The van der Waals surface area contributed by atoms with Gasteiger partial charge in [0, 0.05) is 35.5 Å². The Labute approximate surface area is 214 Å². The van der Waals surface area contributed by atoms with Gasteiger partial charge in [-0.05, 0) is 50.6 Å². The van der Waals surface area contributed by atoms with Gasteiger partial charge in [0.2, 0.25) is 11.8 Å². The molecule has 8 nitrogen and oxygen atoms in total. The van der Waals surface area contributed by atoms with Crippen LogP contribution >= 0.6 is 11.3 Å². The number of carbonyl (C=O) groups excluding carboxylic acids is 2. The minimum Gasteiger partial charge on any atom is -0.306 e. The number of likely N-dealkylation sites (N-methyl/N-ethyl adjacent to an activating group) is 1. The normalized spacial score (nSPS) is 14.0. The monoisotopic (exact) mass is 500 g/mol. The van der Waals surface area contributed by atoms with Gasteiger partial charge in [0.15, 0.2) is 10.9 Å². The van der Waals surface area contributed by atoms with Crippen LogP contribution in [-0.4, -0.2) is 47.3 Å². The number of amides is 2. The van der Waals surface area contributed by atoms with Crippen LogP contribution in [0.5, 0.6) is 0 Å². The van der Waals surface area contributed by atoms with Crippen molar-refractivity contribution in [3.05, 3.63) is 70.9 Å². The lowest BCUT2D eigenvalue weighted by Crippen LogP contribution is -2.27. The molecule has 1 aliphatic carbocycles. The van der Waals surface area contributed by atoms with Crippen LogP contribution < -0.4 is 10.6 Å². The molecule has 184 valence electrons. The summed E-state index contributed by atoms with van der Waals surface area (Å²) in [4.78, 5) is 37.0. The molecule has 0 spiro atoms. The van der Waals surface area contributed by atoms with E-state index in [1.165, 1.54) is 17.4 Å². The lowest BCUT2D eigenvalue weighted by atomic mass is 9.92. The van der Waals surface area contributed by atoms with E-state index in [-0.39, 0.29) is 23.2 Å². The number of aromatic nitrogens is 2. The third-order valence-electron chi connectivity index (χ3n) is 6.05. The van der Waals surface area contributed by atoms with Gasteiger partial charge in [0.25, 0.3) is 0 Å². The number of hydrogen-bond donors (Lipinski definition) is 2. The highest BCUT2D eigenvalue weighted by atomic mass is 32.1. The van der Waals surface area contributed by atoms with Crippen molar-refractivity contribution in [3.8, 4) is 17.2 Å². The number of nitriles is 1.